The monoisotopic (exact) mass is 216 g/mol. The summed E-state index contributed by atoms with van der Waals surface area (Å²) in [7, 11) is 0. The largest absolute Gasteiger partial charge is 0.376 e. The molecule has 1 heterocycles. The maximum Gasteiger partial charge on any atom is 0.104 e. The van der Waals surface area contributed by atoms with E-state index in [4.69, 9.17) is 9.47 Å². The smallest absolute Gasteiger partial charge is 0.104 e. The van der Waals surface area contributed by atoms with E-state index in [1.807, 2.05) is 0 Å². The molecule has 4 nitrogen and oxygen atoms in total. The molecule has 0 atom stereocenters. The van der Waals surface area contributed by atoms with Crippen molar-refractivity contribution >= 4 is 0 Å². The highest BCUT2D eigenvalue weighted by molar-refractivity contribution is 4.64. The molecule has 1 fully saturated rings. The zero-order chi connectivity index (χ0) is 10.9. The van der Waals surface area contributed by atoms with Crippen LogP contribution in [0.5, 0.6) is 0 Å². The van der Waals surface area contributed by atoms with Crippen LogP contribution in [0.15, 0.2) is 0 Å². The van der Waals surface area contributed by atoms with Crippen LogP contribution in [0.4, 0.5) is 0 Å². The summed E-state index contributed by atoms with van der Waals surface area (Å²) in [6.45, 7) is 12.1. The van der Waals surface area contributed by atoms with Crippen LogP contribution in [0.2, 0.25) is 0 Å². The topological polar surface area (TPSA) is 33.7 Å². The van der Waals surface area contributed by atoms with Crippen molar-refractivity contribution in [2.75, 3.05) is 52.5 Å². The highest BCUT2D eigenvalue weighted by Gasteiger charge is 2.17. The molecule has 0 aromatic rings. The second kappa shape index (κ2) is 8.05. The molecule has 15 heavy (non-hydrogen) atoms. The normalized spacial score (nSPS) is 17.0. The van der Waals surface area contributed by atoms with Gasteiger partial charge >= 0.3 is 0 Å². The minimum atomic E-state index is 0.356. The first-order chi connectivity index (χ1) is 7.36. The zero-order valence-electron chi connectivity index (χ0n) is 10.00. The van der Waals surface area contributed by atoms with Gasteiger partial charge in [0.2, 0.25) is 0 Å². The van der Waals surface area contributed by atoms with Gasteiger partial charge < -0.3 is 19.7 Å². The molecule has 1 aliphatic rings. The van der Waals surface area contributed by atoms with Gasteiger partial charge in [-0.05, 0) is 13.1 Å². The zero-order valence-corrected chi connectivity index (χ0v) is 10.00. The molecule has 0 amide bonds. The van der Waals surface area contributed by atoms with Crippen LogP contribution in [-0.2, 0) is 9.47 Å². The van der Waals surface area contributed by atoms with Crippen LogP contribution >= 0.6 is 0 Å². The molecule has 0 spiro atoms. The lowest BCUT2D eigenvalue weighted by molar-refractivity contribution is -0.128. The van der Waals surface area contributed by atoms with Gasteiger partial charge in [0.1, 0.15) is 6.10 Å². The molecule has 1 saturated heterocycles. The Morgan fingerprint density at radius 2 is 2.00 bits per heavy atom. The first kappa shape index (κ1) is 12.9. The highest BCUT2D eigenvalue weighted by Crippen LogP contribution is 2.03. The average molecular weight is 216 g/mol. The van der Waals surface area contributed by atoms with Gasteiger partial charge in [-0.2, -0.15) is 0 Å². The molecule has 1 aliphatic heterocycles. The number of hydrogen-bond donors (Lipinski definition) is 1. The van der Waals surface area contributed by atoms with Crippen LogP contribution in [0.1, 0.15) is 13.8 Å². The third-order valence-corrected chi connectivity index (χ3v) is 2.74. The van der Waals surface area contributed by atoms with E-state index in [0.717, 1.165) is 52.5 Å². The number of ether oxygens (including phenoxy) is 2. The molecule has 4 heteroatoms. The molecule has 0 unspecified atom stereocenters. The Morgan fingerprint density at radius 1 is 1.27 bits per heavy atom. The Bertz CT molecular complexity index is 148. The van der Waals surface area contributed by atoms with Gasteiger partial charge in [0.15, 0.2) is 0 Å². The molecule has 0 aliphatic carbocycles. The summed E-state index contributed by atoms with van der Waals surface area (Å²) in [6, 6.07) is 0. The Morgan fingerprint density at radius 3 is 2.53 bits per heavy atom. The molecule has 0 bridgehead atoms. The predicted octanol–water partition coefficient (Wildman–Crippen LogP) is 0.333. The fourth-order valence-electron chi connectivity index (χ4n) is 1.51. The van der Waals surface area contributed by atoms with E-state index in [2.05, 4.69) is 24.1 Å². The minimum Gasteiger partial charge on any atom is -0.376 e. The standard InChI is InChI=1S/C11H24N2O2/c1-3-13(4-2)7-5-12-6-8-15-11-9-14-10-11/h11-12H,3-10H2,1-2H3. The first-order valence-electron chi connectivity index (χ1n) is 5.99. The van der Waals surface area contributed by atoms with Gasteiger partial charge in [-0.3, -0.25) is 0 Å². The van der Waals surface area contributed by atoms with Crippen molar-refractivity contribution in [2.24, 2.45) is 0 Å². The van der Waals surface area contributed by atoms with Crippen molar-refractivity contribution in [1.29, 1.82) is 0 Å². The van der Waals surface area contributed by atoms with Crippen LogP contribution in [-0.4, -0.2) is 63.5 Å². The van der Waals surface area contributed by atoms with Crippen LogP contribution < -0.4 is 5.32 Å². The quantitative estimate of drug-likeness (QED) is 0.563. The fraction of sp³-hybridized carbons (Fsp3) is 1.00. The molecule has 0 aromatic carbocycles. The van der Waals surface area contributed by atoms with E-state index in [9.17, 15) is 0 Å². The van der Waals surface area contributed by atoms with Crippen molar-refractivity contribution in [1.82, 2.24) is 10.2 Å². The molecule has 90 valence electrons. The summed E-state index contributed by atoms with van der Waals surface area (Å²) in [5.74, 6) is 0. The van der Waals surface area contributed by atoms with E-state index in [1.165, 1.54) is 0 Å². The second-order valence-electron chi connectivity index (χ2n) is 3.81. The van der Waals surface area contributed by atoms with Gasteiger partial charge in [0.05, 0.1) is 19.8 Å². The van der Waals surface area contributed by atoms with E-state index < -0.39 is 0 Å². The molecular formula is C11H24N2O2. The van der Waals surface area contributed by atoms with Gasteiger partial charge in [-0.15, -0.1) is 0 Å². The molecule has 1 rings (SSSR count). The Hall–Kier alpha value is -0.160. The van der Waals surface area contributed by atoms with Gasteiger partial charge in [0, 0.05) is 19.6 Å². The third-order valence-electron chi connectivity index (χ3n) is 2.74. The van der Waals surface area contributed by atoms with E-state index >= 15 is 0 Å². The average Bonchev–Trinajstić information content (AvgIpc) is 2.20. The molecule has 0 aromatic heterocycles. The van der Waals surface area contributed by atoms with E-state index in [0.29, 0.717) is 6.10 Å². The highest BCUT2D eigenvalue weighted by atomic mass is 16.6. The summed E-state index contributed by atoms with van der Waals surface area (Å²) in [5, 5.41) is 3.38. The van der Waals surface area contributed by atoms with Crippen LogP contribution in [0.3, 0.4) is 0 Å². The van der Waals surface area contributed by atoms with Gasteiger partial charge in [-0.25, -0.2) is 0 Å². The lowest BCUT2D eigenvalue weighted by Gasteiger charge is -2.26. The van der Waals surface area contributed by atoms with E-state index in [1.54, 1.807) is 0 Å². The van der Waals surface area contributed by atoms with Crippen molar-refractivity contribution in [3.8, 4) is 0 Å². The number of nitrogens with one attached hydrogen (secondary N) is 1. The van der Waals surface area contributed by atoms with Crippen molar-refractivity contribution < 1.29 is 9.47 Å². The molecule has 1 N–H and O–H groups in total. The second-order valence-corrected chi connectivity index (χ2v) is 3.81. The third kappa shape index (κ3) is 5.47. The Labute approximate surface area is 92.9 Å². The van der Waals surface area contributed by atoms with Crippen LogP contribution in [0.25, 0.3) is 0 Å². The summed E-state index contributed by atoms with van der Waals surface area (Å²) in [5.41, 5.74) is 0. The Kier molecular flexibility index (Phi) is 6.92. The van der Waals surface area contributed by atoms with Gasteiger partial charge in [-0.1, -0.05) is 13.8 Å². The summed E-state index contributed by atoms with van der Waals surface area (Å²) in [6.07, 6.45) is 0.356. The maximum atomic E-state index is 5.54. The maximum absolute atomic E-state index is 5.54. The Balaban J connectivity index is 1.79. The lowest BCUT2D eigenvalue weighted by Crippen LogP contribution is -2.38. The van der Waals surface area contributed by atoms with E-state index in [-0.39, 0.29) is 0 Å². The first-order valence-corrected chi connectivity index (χ1v) is 5.99. The van der Waals surface area contributed by atoms with Crippen molar-refractivity contribution in [2.45, 2.75) is 20.0 Å². The molecule has 0 saturated carbocycles. The number of likely N-dealkylation sites (N-methyl/N-ethyl adjacent to an activating group) is 1. The summed E-state index contributed by atoms with van der Waals surface area (Å²) >= 11 is 0. The SMILES string of the molecule is CCN(CC)CCNCCOC1COC1. The molecular weight excluding hydrogens is 192 g/mol. The molecule has 0 radical (unpaired) electrons. The number of hydrogen-bond acceptors (Lipinski definition) is 4. The fourth-order valence-corrected chi connectivity index (χ4v) is 1.51. The minimum absolute atomic E-state index is 0.356. The van der Waals surface area contributed by atoms with Crippen molar-refractivity contribution in [3.05, 3.63) is 0 Å². The van der Waals surface area contributed by atoms with Gasteiger partial charge in [0.25, 0.3) is 0 Å². The number of rotatable bonds is 9. The number of nitrogens with zero attached hydrogens (tertiary/aromatic N) is 1. The van der Waals surface area contributed by atoms with Crippen LogP contribution in [0, 0.1) is 0 Å². The lowest BCUT2D eigenvalue weighted by atomic mass is 10.3. The summed E-state index contributed by atoms with van der Waals surface area (Å²) in [4.78, 5) is 2.41. The summed E-state index contributed by atoms with van der Waals surface area (Å²) < 4.78 is 10.6. The van der Waals surface area contributed by atoms with Crippen molar-refractivity contribution in [3.63, 3.8) is 0 Å². The predicted molar refractivity (Wildman–Crippen MR) is 61.2 cm³/mol.